The number of nitrogens with one attached hydrogen (secondary N) is 1. The third kappa shape index (κ3) is 3.34. The smallest absolute Gasteiger partial charge is 0.246 e. The van der Waals surface area contributed by atoms with Crippen LogP contribution in [0.1, 0.15) is 5.56 Å². The molecule has 0 spiro atoms. The van der Waals surface area contributed by atoms with Crippen molar-refractivity contribution in [1.82, 2.24) is 9.71 Å². The zero-order valence-electron chi connectivity index (χ0n) is 12.2. The number of aromatic nitrogens is 1. The van der Waals surface area contributed by atoms with Crippen LogP contribution in [0.4, 0.5) is 8.78 Å². The highest BCUT2D eigenvalue weighted by atomic mass is 32.2. The van der Waals surface area contributed by atoms with Crippen molar-refractivity contribution < 1.29 is 21.6 Å². The second-order valence-corrected chi connectivity index (χ2v) is 6.61. The number of rotatable bonds is 5. The van der Waals surface area contributed by atoms with Crippen molar-refractivity contribution in [3.8, 4) is 11.5 Å². The Morgan fingerprint density at radius 1 is 1.08 bits per heavy atom. The standard InChI is InChI=1S/C16H12F2N2O3S/c17-12-3-1-4-13(18)16(12)24(21,22)20-10-11-6-7-19-14(9-11)15-5-2-8-23-15/h1-9,20H,10H2. The van der Waals surface area contributed by atoms with E-state index in [9.17, 15) is 17.2 Å². The van der Waals surface area contributed by atoms with Gasteiger partial charge in [0.2, 0.25) is 10.0 Å². The Balaban J connectivity index is 1.82. The van der Waals surface area contributed by atoms with Crippen molar-refractivity contribution in [3.63, 3.8) is 0 Å². The molecule has 3 rings (SSSR count). The highest BCUT2D eigenvalue weighted by Crippen LogP contribution is 2.20. The fourth-order valence-electron chi connectivity index (χ4n) is 2.13. The van der Waals surface area contributed by atoms with Gasteiger partial charge >= 0.3 is 0 Å². The van der Waals surface area contributed by atoms with Crippen molar-refractivity contribution in [2.75, 3.05) is 0 Å². The lowest BCUT2D eigenvalue weighted by atomic mass is 10.2. The maximum Gasteiger partial charge on any atom is 0.246 e. The first-order chi connectivity index (χ1) is 11.5. The minimum absolute atomic E-state index is 0.146. The number of benzene rings is 1. The normalized spacial score (nSPS) is 11.6. The molecule has 0 amide bonds. The molecule has 2 heterocycles. The van der Waals surface area contributed by atoms with Gasteiger partial charge in [0.25, 0.3) is 0 Å². The fourth-order valence-corrected chi connectivity index (χ4v) is 3.28. The van der Waals surface area contributed by atoms with Crippen LogP contribution in [-0.4, -0.2) is 13.4 Å². The summed E-state index contributed by atoms with van der Waals surface area (Å²) < 4.78 is 59.0. The molecule has 0 aliphatic heterocycles. The summed E-state index contributed by atoms with van der Waals surface area (Å²) in [6, 6.07) is 9.50. The van der Waals surface area contributed by atoms with Crippen molar-refractivity contribution in [3.05, 3.63) is 72.1 Å². The first-order valence-corrected chi connectivity index (χ1v) is 8.38. The van der Waals surface area contributed by atoms with Crippen molar-refractivity contribution in [2.24, 2.45) is 0 Å². The lowest BCUT2D eigenvalue weighted by molar-refractivity contribution is 0.514. The third-order valence-electron chi connectivity index (χ3n) is 3.25. The Morgan fingerprint density at radius 2 is 1.83 bits per heavy atom. The molecule has 5 nitrogen and oxygen atoms in total. The third-order valence-corrected chi connectivity index (χ3v) is 4.70. The largest absolute Gasteiger partial charge is 0.463 e. The van der Waals surface area contributed by atoms with Gasteiger partial charge in [-0.05, 0) is 42.0 Å². The van der Waals surface area contributed by atoms with E-state index in [1.807, 2.05) is 0 Å². The van der Waals surface area contributed by atoms with Crippen LogP contribution in [0.15, 0.2) is 64.2 Å². The Kier molecular flexibility index (Phi) is 4.41. The minimum Gasteiger partial charge on any atom is -0.463 e. The van der Waals surface area contributed by atoms with Gasteiger partial charge in [-0.3, -0.25) is 4.98 Å². The summed E-state index contributed by atoms with van der Waals surface area (Å²) in [7, 11) is -4.33. The molecule has 0 aliphatic rings. The molecule has 124 valence electrons. The summed E-state index contributed by atoms with van der Waals surface area (Å²) >= 11 is 0. The van der Waals surface area contributed by atoms with E-state index in [0.29, 0.717) is 17.0 Å². The van der Waals surface area contributed by atoms with Gasteiger partial charge in [-0.25, -0.2) is 21.9 Å². The molecule has 0 saturated carbocycles. The van der Waals surface area contributed by atoms with E-state index in [2.05, 4.69) is 9.71 Å². The summed E-state index contributed by atoms with van der Waals surface area (Å²) in [6.07, 6.45) is 2.98. The number of furan rings is 1. The number of sulfonamides is 1. The summed E-state index contributed by atoms with van der Waals surface area (Å²) in [4.78, 5) is 3.13. The molecule has 0 fully saturated rings. The number of pyridine rings is 1. The maximum atomic E-state index is 13.6. The van der Waals surface area contributed by atoms with Crippen LogP contribution in [0.2, 0.25) is 0 Å². The fraction of sp³-hybridized carbons (Fsp3) is 0.0625. The van der Waals surface area contributed by atoms with E-state index >= 15 is 0 Å². The molecular formula is C16H12F2N2O3S. The summed E-state index contributed by atoms with van der Waals surface area (Å²) in [5.74, 6) is -1.76. The Labute approximate surface area is 137 Å². The molecule has 0 radical (unpaired) electrons. The highest BCUT2D eigenvalue weighted by molar-refractivity contribution is 7.89. The van der Waals surface area contributed by atoms with Gasteiger partial charge in [0.1, 0.15) is 17.3 Å². The molecule has 2 aromatic heterocycles. The second kappa shape index (κ2) is 6.50. The molecule has 3 aromatic rings. The molecule has 1 N–H and O–H groups in total. The van der Waals surface area contributed by atoms with Gasteiger partial charge < -0.3 is 4.42 Å². The lowest BCUT2D eigenvalue weighted by Crippen LogP contribution is -2.25. The quantitative estimate of drug-likeness (QED) is 0.767. The van der Waals surface area contributed by atoms with Gasteiger partial charge in [0, 0.05) is 12.7 Å². The predicted octanol–water partition coefficient (Wildman–Crippen LogP) is 3.10. The molecule has 0 atom stereocenters. The van der Waals surface area contributed by atoms with E-state index in [1.165, 1.54) is 12.5 Å². The van der Waals surface area contributed by atoms with Gasteiger partial charge in [-0.15, -0.1) is 0 Å². The predicted molar refractivity (Wildman–Crippen MR) is 82.3 cm³/mol. The van der Waals surface area contributed by atoms with Crippen molar-refractivity contribution in [1.29, 1.82) is 0 Å². The van der Waals surface area contributed by atoms with Crippen LogP contribution >= 0.6 is 0 Å². The zero-order valence-corrected chi connectivity index (χ0v) is 13.1. The Bertz CT molecular complexity index is 937. The molecule has 0 saturated heterocycles. The highest BCUT2D eigenvalue weighted by Gasteiger charge is 2.23. The molecule has 1 aromatic carbocycles. The first-order valence-electron chi connectivity index (χ1n) is 6.90. The van der Waals surface area contributed by atoms with E-state index < -0.39 is 26.6 Å². The summed E-state index contributed by atoms with van der Waals surface area (Å²) in [5, 5.41) is 0. The van der Waals surface area contributed by atoms with Crippen LogP contribution < -0.4 is 4.72 Å². The van der Waals surface area contributed by atoms with Crippen LogP contribution in [0.3, 0.4) is 0 Å². The number of hydrogen-bond donors (Lipinski definition) is 1. The minimum atomic E-state index is -4.33. The van der Waals surface area contributed by atoms with E-state index in [-0.39, 0.29) is 6.54 Å². The number of halogens is 2. The molecule has 24 heavy (non-hydrogen) atoms. The van der Waals surface area contributed by atoms with E-state index in [1.54, 1.807) is 24.3 Å². The SMILES string of the molecule is O=S(=O)(NCc1ccnc(-c2ccco2)c1)c1c(F)cccc1F. The number of nitrogens with zero attached hydrogens (tertiary/aromatic N) is 1. The Hall–Kier alpha value is -2.58. The van der Waals surface area contributed by atoms with E-state index in [4.69, 9.17) is 4.42 Å². The van der Waals surface area contributed by atoms with Crippen LogP contribution in [0.25, 0.3) is 11.5 Å². The Morgan fingerprint density at radius 3 is 2.50 bits per heavy atom. The van der Waals surface area contributed by atoms with Crippen LogP contribution in [-0.2, 0) is 16.6 Å². The van der Waals surface area contributed by atoms with Crippen molar-refractivity contribution >= 4 is 10.0 Å². The van der Waals surface area contributed by atoms with E-state index in [0.717, 1.165) is 18.2 Å². The van der Waals surface area contributed by atoms with Gasteiger partial charge in [-0.1, -0.05) is 6.07 Å². The summed E-state index contributed by atoms with van der Waals surface area (Å²) in [6.45, 7) is -0.146. The second-order valence-electron chi connectivity index (χ2n) is 4.90. The maximum absolute atomic E-state index is 13.6. The first kappa shape index (κ1) is 16.3. The molecular weight excluding hydrogens is 338 g/mol. The van der Waals surface area contributed by atoms with Gasteiger partial charge in [-0.2, -0.15) is 0 Å². The topological polar surface area (TPSA) is 72.2 Å². The van der Waals surface area contributed by atoms with Crippen LogP contribution in [0, 0.1) is 11.6 Å². The van der Waals surface area contributed by atoms with Crippen molar-refractivity contribution in [2.45, 2.75) is 11.4 Å². The van der Waals surface area contributed by atoms with Gasteiger partial charge in [0.05, 0.1) is 6.26 Å². The monoisotopic (exact) mass is 350 g/mol. The summed E-state index contributed by atoms with van der Waals surface area (Å²) in [5.41, 5.74) is 1.09. The molecule has 0 aliphatic carbocycles. The molecule has 0 unspecified atom stereocenters. The zero-order chi connectivity index (χ0) is 17.2. The average Bonchev–Trinajstić information content (AvgIpc) is 3.07. The average molecular weight is 350 g/mol. The molecule has 0 bridgehead atoms. The van der Waals surface area contributed by atoms with Gasteiger partial charge in [0.15, 0.2) is 10.7 Å². The molecule has 8 heteroatoms. The number of hydrogen-bond acceptors (Lipinski definition) is 4. The van der Waals surface area contributed by atoms with Crippen LogP contribution in [0.5, 0.6) is 0 Å². The lowest BCUT2D eigenvalue weighted by Gasteiger charge is -2.09.